The Kier molecular flexibility index (Phi) is 5.51. The summed E-state index contributed by atoms with van der Waals surface area (Å²) in [7, 11) is 3.90. The summed E-state index contributed by atoms with van der Waals surface area (Å²) >= 11 is 0. The van der Waals surface area contributed by atoms with Gasteiger partial charge in [-0.1, -0.05) is 12.1 Å². The third-order valence-electron chi connectivity index (χ3n) is 5.39. The summed E-state index contributed by atoms with van der Waals surface area (Å²) in [6.45, 7) is 0.507. The van der Waals surface area contributed by atoms with Crippen molar-refractivity contribution in [2.75, 3.05) is 20.6 Å². The monoisotopic (exact) mass is 333 g/mol. The third kappa shape index (κ3) is 4.33. The molecule has 0 aliphatic carbocycles. The summed E-state index contributed by atoms with van der Waals surface area (Å²) in [4.78, 5) is 14.4. The van der Waals surface area contributed by atoms with Gasteiger partial charge in [0.2, 0.25) is 5.91 Å². The zero-order valence-electron chi connectivity index (χ0n) is 14.6. The molecule has 2 aliphatic heterocycles. The van der Waals surface area contributed by atoms with Crippen LogP contribution in [0.2, 0.25) is 0 Å². The van der Waals surface area contributed by atoms with Gasteiger partial charge in [-0.05, 0) is 63.4 Å². The predicted octanol–water partition coefficient (Wildman–Crippen LogP) is 2.47. The summed E-state index contributed by atoms with van der Waals surface area (Å²) in [5.41, 5.74) is 0.889. The number of hydrogen-bond donors (Lipinski definition) is 2. The first-order valence-electron chi connectivity index (χ1n) is 8.96. The molecule has 0 radical (unpaired) electrons. The van der Waals surface area contributed by atoms with Gasteiger partial charge in [-0.3, -0.25) is 4.79 Å². The lowest BCUT2D eigenvalue weighted by Crippen LogP contribution is -2.40. The highest BCUT2D eigenvalue weighted by Crippen LogP contribution is 2.32. The number of piperidine rings is 1. The molecular weight excluding hydrogens is 305 g/mol. The molecule has 4 nitrogen and oxygen atoms in total. The first-order valence-corrected chi connectivity index (χ1v) is 8.96. The number of carbonyl (C=O) groups excluding carboxylic acids is 1. The van der Waals surface area contributed by atoms with Crippen LogP contribution in [-0.4, -0.2) is 43.5 Å². The van der Waals surface area contributed by atoms with Crippen molar-refractivity contribution in [1.29, 1.82) is 0 Å². The van der Waals surface area contributed by atoms with Crippen molar-refractivity contribution in [3.8, 4) is 0 Å². The van der Waals surface area contributed by atoms with E-state index in [0.717, 1.165) is 18.4 Å². The number of benzene rings is 1. The van der Waals surface area contributed by atoms with Crippen molar-refractivity contribution < 1.29 is 9.18 Å². The van der Waals surface area contributed by atoms with Gasteiger partial charge in [-0.15, -0.1) is 0 Å². The van der Waals surface area contributed by atoms with Crippen LogP contribution in [0.4, 0.5) is 4.39 Å². The molecule has 0 saturated carbocycles. The Bertz CT molecular complexity index is 565. The summed E-state index contributed by atoms with van der Waals surface area (Å²) in [5.74, 6) is 0.371. The highest BCUT2D eigenvalue weighted by atomic mass is 19.1. The predicted molar refractivity (Wildman–Crippen MR) is 93.1 cm³/mol. The number of halogens is 1. The van der Waals surface area contributed by atoms with Crippen LogP contribution in [0.25, 0.3) is 0 Å². The molecule has 1 aromatic rings. The Morgan fingerprint density at radius 1 is 1.33 bits per heavy atom. The van der Waals surface area contributed by atoms with Crippen molar-refractivity contribution in [2.24, 2.45) is 5.92 Å². The van der Waals surface area contributed by atoms with Gasteiger partial charge >= 0.3 is 0 Å². The summed E-state index contributed by atoms with van der Waals surface area (Å²) in [6, 6.07) is 7.82. The van der Waals surface area contributed by atoms with Gasteiger partial charge in [0, 0.05) is 25.0 Å². The molecule has 2 heterocycles. The number of nitrogens with zero attached hydrogens (tertiary/aromatic N) is 1. The van der Waals surface area contributed by atoms with Crippen molar-refractivity contribution in [1.82, 2.24) is 15.5 Å². The first-order chi connectivity index (χ1) is 11.5. The summed E-state index contributed by atoms with van der Waals surface area (Å²) in [5, 5.41) is 6.67. The minimum absolute atomic E-state index is 0.0196. The minimum Gasteiger partial charge on any atom is -0.354 e. The van der Waals surface area contributed by atoms with Gasteiger partial charge in [-0.25, -0.2) is 4.39 Å². The smallest absolute Gasteiger partial charge is 0.220 e. The second-order valence-electron chi connectivity index (χ2n) is 7.52. The SMILES string of the molecule is CN(C)C(CNC(=O)CC1CC2CCC(C1)N2)c1cccc(F)c1. The average Bonchev–Trinajstić information content (AvgIpc) is 2.86. The molecule has 2 bridgehead atoms. The number of amides is 1. The van der Waals surface area contributed by atoms with Crippen LogP contribution in [-0.2, 0) is 4.79 Å². The molecule has 3 unspecified atom stereocenters. The molecule has 2 aliphatic rings. The lowest BCUT2D eigenvalue weighted by molar-refractivity contribution is -0.122. The van der Waals surface area contributed by atoms with Gasteiger partial charge in [0.1, 0.15) is 5.82 Å². The van der Waals surface area contributed by atoms with E-state index >= 15 is 0 Å². The Labute approximate surface area is 143 Å². The number of rotatable bonds is 6. The lowest BCUT2D eigenvalue weighted by atomic mass is 9.89. The van der Waals surface area contributed by atoms with E-state index in [4.69, 9.17) is 0 Å². The maximum absolute atomic E-state index is 13.5. The molecule has 2 N–H and O–H groups in total. The standard InChI is InChI=1S/C19H28FN3O/c1-23(2)18(14-4-3-5-15(20)11-14)12-21-19(24)10-13-8-16-6-7-17(9-13)22-16/h3-5,11,13,16-18,22H,6-10,12H2,1-2H3,(H,21,24). The van der Waals surface area contributed by atoms with Crippen LogP contribution in [0.3, 0.4) is 0 Å². The number of likely N-dealkylation sites (N-methyl/N-ethyl adjacent to an activating group) is 1. The van der Waals surface area contributed by atoms with Gasteiger partial charge in [-0.2, -0.15) is 0 Å². The molecule has 1 aromatic carbocycles. The highest BCUT2D eigenvalue weighted by molar-refractivity contribution is 5.76. The van der Waals surface area contributed by atoms with Crippen molar-refractivity contribution in [3.05, 3.63) is 35.6 Å². The second kappa shape index (κ2) is 7.62. The molecule has 1 amide bonds. The van der Waals surface area contributed by atoms with Crippen LogP contribution in [0.1, 0.15) is 43.7 Å². The quantitative estimate of drug-likeness (QED) is 0.840. The number of carbonyl (C=O) groups is 1. The van der Waals surface area contributed by atoms with E-state index in [1.54, 1.807) is 12.1 Å². The van der Waals surface area contributed by atoms with Gasteiger partial charge in [0.15, 0.2) is 0 Å². The van der Waals surface area contributed by atoms with Crippen molar-refractivity contribution in [2.45, 2.75) is 50.2 Å². The van der Waals surface area contributed by atoms with Crippen LogP contribution in [0.5, 0.6) is 0 Å². The highest BCUT2D eigenvalue weighted by Gasteiger charge is 2.34. The maximum atomic E-state index is 13.5. The van der Waals surface area contributed by atoms with Crippen LogP contribution >= 0.6 is 0 Å². The molecule has 0 spiro atoms. The fourth-order valence-electron chi connectivity index (χ4n) is 4.20. The molecule has 132 valence electrons. The van der Waals surface area contributed by atoms with Gasteiger partial charge < -0.3 is 15.5 Å². The molecule has 2 fully saturated rings. The summed E-state index contributed by atoms with van der Waals surface area (Å²) < 4.78 is 13.5. The minimum atomic E-state index is -0.240. The molecule has 24 heavy (non-hydrogen) atoms. The number of fused-ring (bicyclic) bond motifs is 2. The zero-order valence-corrected chi connectivity index (χ0v) is 14.6. The van der Waals surface area contributed by atoms with E-state index in [9.17, 15) is 9.18 Å². The van der Waals surface area contributed by atoms with E-state index in [0.29, 0.717) is 31.0 Å². The van der Waals surface area contributed by atoms with Crippen LogP contribution in [0, 0.1) is 11.7 Å². The topological polar surface area (TPSA) is 44.4 Å². The summed E-state index contributed by atoms with van der Waals surface area (Å²) in [6.07, 6.45) is 5.35. The average molecular weight is 333 g/mol. The second-order valence-corrected chi connectivity index (χ2v) is 7.52. The first kappa shape index (κ1) is 17.4. The molecular formula is C19H28FN3O. The zero-order chi connectivity index (χ0) is 17.1. The Balaban J connectivity index is 1.52. The fraction of sp³-hybridized carbons (Fsp3) is 0.632. The lowest BCUT2D eigenvalue weighted by Gasteiger charge is -2.29. The van der Waals surface area contributed by atoms with E-state index < -0.39 is 0 Å². The number of nitrogens with one attached hydrogen (secondary N) is 2. The Morgan fingerprint density at radius 2 is 2.04 bits per heavy atom. The number of hydrogen-bond acceptors (Lipinski definition) is 3. The fourth-order valence-corrected chi connectivity index (χ4v) is 4.20. The van der Waals surface area contributed by atoms with Gasteiger partial charge in [0.25, 0.3) is 0 Å². The van der Waals surface area contributed by atoms with Crippen molar-refractivity contribution in [3.63, 3.8) is 0 Å². The Morgan fingerprint density at radius 3 is 2.67 bits per heavy atom. The van der Waals surface area contributed by atoms with E-state index in [2.05, 4.69) is 10.6 Å². The van der Waals surface area contributed by atoms with E-state index in [1.807, 2.05) is 25.1 Å². The third-order valence-corrected chi connectivity index (χ3v) is 5.39. The van der Waals surface area contributed by atoms with Crippen LogP contribution in [0.15, 0.2) is 24.3 Å². The van der Waals surface area contributed by atoms with Crippen molar-refractivity contribution >= 4 is 5.91 Å². The normalized spacial score (nSPS) is 27.2. The molecule has 2 saturated heterocycles. The van der Waals surface area contributed by atoms with E-state index in [-0.39, 0.29) is 17.8 Å². The molecule has 5 heteroatoms. The largest absolute Gasteiger partial charge is 0.354 e. The molecule has 0 aromatic heterocycles. The Hall–Kier alpha value is -1.46. The molecule has 3 rings (SSSR count). The van der Waals surface area contributed by atoms with Gasteiger partial charge in [0.05, 0.1) is 6.04 Å². The van der Waals surface area contributed by atoms with E-state index in [1.165, 1.54) is 18.9 Å². The maximum Gasteiger partial charge on any atom is 0.220 e. The van der Waals surface area contributed by atoms with Crippen LogP contribution < -0.4 is 10.6 Å². The molecule has 3 atom stereocenters.